The molecule has 5 heteroatoms. The molecule has 5 nitrogen and oxygen atoms in total. The highest BCUT2D eigenvalue weighted by atomic mass is 16.5. The van der Waals surface area contributed by atoms with Crippen molar-refractivity contribution in [2.75, 3.05) is 0 Å². The molecule has 136 valence electrons. The molecule has 0 bridgehead atoms. The second-order valence-electron chi connectivity index (χ2n) is 6.70. The average Bonchev–Trinajstić information content (AvgIpc) is 3.50. The number of carbonyl (C=O) groups excluding carboxylic acids is 2. The van der Waals surface area contributed by atoms with Gasteiger partial charge in [0.2, 0.25) is 6.10 Å². The highest BCUT2D eigenvalue weighted by Gasteiger charge is 2.31. The summed E-state index contributed by atoms with van der Waals surface area (Å²) in [5, 5.41) is 14.8. The minimum atomic E-state index is -1.06. The third-order valence-corrected chi connectivity index (χ3v) is 4.57. The summed E-state index contributed by atoms with van der Waals surface area (Å²) in [5.74, 6) is -1.26. The first-order chi connectivity index (χ1) is 13.1. The molecule has 0 aliphatic heterocycles. The lowest BCUT2D eigenvalue weighted by Crippen LogP contribution is -2.33. The third kappa shape index (κ3) is 3.77. The Morgan fingerprint density at radius 3 is 2.26 bits per heavy atom. The van der Waals surface area contributed by atoms with Crippen molar-refractivity contribution in [2.24, 2.45) is 0 Å². The van der Waals surface area contributed by atoms with Crippen LogP contribution in [0.4, 0.5) is 0 Å². The van der Waals surface area contributed by atoms with Gasteiger partial charge in [-0.3, -0.25) is 4.79 Å². The van der Waals surface area contributed by atoms with E-state index in [4.69, 9.17) is 4.74 Å². The van der Waals surface area contributed by atoms with Gasteiger partial charge in [-0.1, -0.05) is 54.6 Å². The smallest absolute Gasteiger partial charge is 0.343 e. The van der Waals surface area contributed by atoms with E-state index in [1.54, 1.807) is 30.3 Å². The highest BCUT2D eigenvalue weighted by molar-refractivity contribution is 5.99. The number of phenols is 1. The molecule has 3 aromatic rings. The maximum Gasteiger partial charge on any atom is 0.343 e. The first-order valence-electron chi connectivity index (χ1n) is 8.90. The van der Waals surface area contributed by atoms with Crippen molar-refractivity contribution < 1.29 is 19.4 Å². The van der Waals surface area contributed by atoms with Gasteiger partial charge in [0.15, 0.2) is 0 Å². The number of ether oxygens (including phenoxy) is 1. The summed E-state index contributed by atoms with van der Waals surface area (Å²) in [7, 11) is 0. The molecule has 0 saturated heterocycles. The van der Waals surface area contributed by atoms with Gasteiger partial charge in [-0.05, 0) is 35.7 Å². The van der Waals surface area contributed by atoms with Gasteiger partial charge in [0.1, 0.15) is 11.3 Å². The Hall–Kier alpha value is -3.34. The predicted molar refractivity (Wildman–Crippen MR) is 101 cm³/mol. The Kier molecular flexibility index (Phi) is 4.50. The second-order valence-corrected chi connectivity index (χ2v) is 6.70. The Morgan fingerprint density at radius 1 is 0.963 bits per heavy atom. The zero-order chi connectivity index (χ0) is 18.8. The van der Waals surface area contributed by atoms with Crippen LogP contribution in [0, 0.1) is 0 Å². The van der Waals surface area contributed by atoms with Crippen LogP contribution >= 0.6 is 0 Å². The van der Waals surface area contributed by atoms with E-state index in [9.17, 15) is 14.7 Å². The van der Waals surface area contributed by atoms with Crippen LogP contribution in [0.25, 0.3) is 10.8 Å². The van der Waals surface area contributed by atoms with E-state index in [2.05, 4.69) is 5.32 Å². The van der Waals surface area contributed by atoms with Crippen molar-refractivity contribution in [3.8, 4) is 5.75 Å². The lowest BCUT2D eigenvalue weighted by molar-refractivity contribution is -0.130. The second kappa shape index (κ2) is 7.11. The van der Waals surface area contributed by atoms with Crippen LogP contribution < -0.4 is 5.32 Å². The fraction of sp³-hybridized carbons (Fsp3) is 0.182. The minimum absolute atomic E-state index is 0.0360. The molecule has 2 N–H and O–H groups in total. The van der Waals surface area contributed by atoms with Crippen LogP contribution in [-0.4, -0.2) is 23.0 Å². The highest BCUT2D eigenvalue weighted by Crippen LogP contribution is 2.28. The number of rotatable bonds is 5. The molecule has 1 fully saturated rings. The van der Waals surface area contributed by atoms with Gasteiger partial charge >= 0.3 is 5.97 Å². The molecule has 0 radical (unpaired) electrons. The molecule has 1 aliphatic carbocycles. The molecule has 4 rings (SSSR count). The number of nitrogens with one attached hydrogen (secondary N) is 1. The zero-order valence-electron chi connectivity index (χ0n) is 14.6. The molecule has 0 aromatic heterocycles. The number of phenolic OH excluding ortho intramolecular Hbond substituents is 1. The van der Waals surface area contributed by atoms with E-state index in [-0.39, 0.29) is 23.3 Å². The number of hydrogen-bond acceptors (Lipinski definition) is 4. The minimum Gasteiger partial charge on any atom is -0.507 e. The molecule has 0 unspecified atom stereocenters. The van der Waals surface area contributed by atoms with Crippen molar-refractivity contribution >= 4 is 22.6 Å². The van der Waals surface area contributed by atoms with Crippen molar-refractivity contribution in [3.05, 3.63) is 77.9 Å². The maximum atomic E-state index is 12.7. The topological polar surface area (TPSA) is 75.6 Å². The molecule has 0 spiro atoms. The van der Waals surface area contributed by atoms with E-state index >= 15 is 0 Å². The lowest BCUT2D eigenvalue weighted by Gasteiger charge is -2.18. The molecule has 0 heterocycles. The number of amides is 1. The third-order valence-electron chi connectivity index (χ3n) is 4.57. The Morgan fingerprint density at radius 2 is 1.59 bits per heavy atom. The summed E-state index contributed by atoms with van der Waals surface area (Å²) in [6.45, 7) is 0. The largest absolute Gasteiger partial charge is 0.507 e. The number of carbonyl (C=O) groups is 2. The molecular weight excluding hydrogens is 342 g/mol. The molecule has 1 atom stereocenters. The van der Waals surface area contributed by atoms with Crippen molar-refractivity contribution in [3.63, 3.8) is 0 Å². The van der Waals surface area contributed by atoms with E-state index in [0.717, 1.165) is 23.6 Å². The average molecular weight is 361 g/mol. The summed E-state index contributed by atoms with van der Waals surface area (Å²) in [4.78, 5) is 25.3. The molecule has 27 heavy (non-hydrogen) atoms. The summed E-state index contributed by atoms with van der Waals surface area (Å²) in [5.41, 5.74) is 0.623. The van der Waals surface area contributed by atoms with Crippen molar-refractivity contribution in [1.82, 2.24) is 5.32 Å². The molecule has 1 saturated carbocycles. The van der Waals surface area contributed by atoms with Crippen LogP contribution in [0.3, 0.4) is 0 Å². The van der Waals surface area contributed by atoms with Gasteiger partial charge in [-0.15, -0.1) is 0 Å². The molecule has 3 aromatic carbocycles. The normalized spacial score (nSPS) is 14.5. The van der Waals surface area contributed by atoms with E-state index in [1.165, 1.54) is 6.07 Å². The standard InChI is InChI=1S/C22H19NO4/c24-19-13-16-9-5-4-8-15(16)12-18(19)22(26)27-20(14-6-2-1-3-7-14)21(25)23-17-10-11-17/h1-9,12-13,17,20,24H,10-11H2,(H,23,25)/t20-/m0/s1. The fourth-order valence-corrected chi connectivity index (χ4v) is 2.97. The van der Waals surface area contributed by atoms with Gasteiger partial charge in [0, 0.05) is 11.6 Å². The van der Waals surface area contributed by atoms with Gasteiger partial charge in [0.25, 0.3) is 5.91 Å². The first-order valence-corrected chi connectivity index (χ1v) is 8.90. The Bertz CT molecular complexity index is 996. The van der Waals surface area contributed by atoms with Crippen LogP contribution in [0.2, 0.25) is 0 Å². The van der Waals surface area contributed by atoms with Gasteiger partial charge < -0.3 is 15.2 Å². The fourth-order valence-electron chi connectivity index (χ4n) is 2.97. The quantitative estimate of drug-likeness (QED) is 0.679. The summed E-state index contributed by atoms with van der Waals surface area (Å²) >= 11 is 0. The van der Waals surface area contributed by atoms with Gasteiger partial charge in [0.05, 0.1) is 0 Å². The molecule has 1 amide bonds. The Labute approximate surface area is 156 Å². The summed E-state index contributed by atoms with van der Waals surface area (Å²) in [6.07, 6.45) is 0.810. The lowest BCUT2D eigenvalue weighted by atomic mass is 10.1. The van der Waals surface area contributed by atoms with Crippen LogP contribution in [-0.2, 0) is 9.53 Å². The van der Waals surface area contributed by atoms with E-state index in [0.29, 0.717) is 5.56 Å². The zero-order valence-corrected chi connectivity index (χ0v) is 14.6. The van der Waals surface area contributed by atoms with E-state index in [1.807, 2.05) is 30.3 Å². The number of fused-ring (bicyclic) bond motifs is 1. The maximum absolute atomic E-state index is 12.7. The van der Waals surface area contributed by atoms with Crippen LogP contribution in [0.15, 0.2) is 66.7 Å². The number of aromatic hydroxyl groups is 1. The number of esters is 1. The van der Waals surface area contributed by atoms with Crippen LogP contribution in [0.1, 0.15) is 34.9 Å². The number of hydrogen-bond donors (Lipinski definition) is 2. The van der Waals surface area contributed by atoms with E-state index < -0.39 is 12.1 Å². The SMILES string of the molecule is O=C(O[C@H](C(=O)NC1CC1)c1ccccc1)c1cc2ccccc2cc1O. The summed E-state index contributed by atoms with van der Waals surface area (Å²) in [6, 6.07) is 19.5. The Balaban J connectivity index is 1.63. The monoisotopic (exact) mass is 361 g/mol. The number of benzene rings is 3. The van der Waals surface area contributed by atoms with Crippen molar-refractivity contribution in [1.29, 1.82) is 0 Å². The summed E-state index contributed by atoms with van der Waals surface area (Å²) < 4.78 is 5.53. The predicted octanol–water partition coefficient (Wildman–Crippen LogP) is 3.72. The van der Waals surface area contributed by atoms with Crippen LogP contribution in [0.5, 0.6) is 5.75 Å². The first kappa shape index (κ1) is 17.1. The molecular formula is C22H19NO4. The van der Waals surface area contributed by atoms with Gasteiger partial charge in [-0.2, -0.15) is 0 Å². The van der Waals surface area contributed by atoms with Gasteiger partial charge in [-0.25, -0.2) is 4.79 Å². The van der Waals surface area contributed by atoms with Crippen molar-refractivity contribution in [2.45, 2.75) is 25.0 Å². The molecule has 1 aliphatic rings.